The van der Waals surface area contributed by atoms with Crippen LogP contribution in [0.25, 0.3) is 16.9 Å². The molecule has 1 aliphatic rings. The summed E-state index contributed by atoms with van der Waals surface area (Å²) < 4.78 is 53.8. The van der Waals surface area contributed by atoms with Gasteiger partial charge in [-0.1, -0.05) is 0 Å². The van der Waals surface area contributed by atoms with Crippen molar-refractivity contribution in [2.75, 3.05) is 40.5 Å². The van der Waals surface area contributed by atoms with E-state index in [0.29, 0.717) is 34.5 Å². The van der Waals surface area contributed by atoms with E-state index in [9.17, 15) is 23.1 Å². The number of amides is 1. The number of methoxy groups -OCH3 is 2. The van der Waals surface area contributed by atoms with Gasteiger partial charge in [0.1, 0.15) is 11.3 Å². The Labute approximate surface area is 239 Å². The summed E-state index contributed by atoms with van der Waals surface area (Å²) >= 11 is 0. The number of ether oxygens (including phenoxy) is 2. The zero-order chi connectivity index (χ0) is 30.2. The summed E-state index contributed by atoms with van der Waals surface area (Å²) in [6.07, 6.45) is -0.440. The lowest BCUT2D eigenvalue weighted by atomic mass is 10.0. The van der Waals surface area contributed by atoms with E-state index in [1.165, 1.54) is 21.1 Å². The lowest BCUT2D eigenvalue weighted by Crippen LogP contribution is -2.55. The molecule has 0 radical (unpaired) electrons. The highest BCUT2D eigenvalue weighted by Crippen LogP contribution is 2.37. The topological polar surface area (TPSA) is 118 Å². The summed E-state index contributed by atoms with van der Waals surface area (Å²) in [5, 5.41) is 14.1. The van der Waals surface area contributed by atoms with Gasteiger partial charge in [0.05, 0.1) is 38.8 Å². The molecule has 222 valence electrons. The van der Waals surface area contributed by atoms with E-state index in [1.54, 1.807) is 41.6 Å². The van der Waals surface area contributed by atoms with Crippen LogP contribution < -0.4 is 9.47 Å². The molecule has 0 spiro atoms. The minimum atomic E-state index is -4.75. The summed E-state index contributed by atoms with van der Waals surface area (Å²) in [7, 11) is 2.95. The number of rotatable bonds is 7. The molecule has 0 unspecified atom stereocenters. The monoisotopic (exact) mass is 585 g/mol. The van der Waals surface area contributed by atoms with Crippen molar-refractivity contribution in [2.24, 2.45) is 0 Å². The van der Waals surface area contributed by atoms with Gasteiger partial charge < -0.3 is 19.5 Å². The Kier molecular flexibility index (Phi) is 8.01. The Morgan fingerprint density at radius 1 is 1.10 bits per heavy atom. The molecule has 1 aromatic carbocycles. The van der Waals surface area contributed by atoms with E-state index in [2.05, 4.69) is 20.1 Å². The van der Waals surface area contributed by atoms with Crippen molar-refractivity contribution in [1.82, 2.24) is 34.4 Å². The number of hydrogen-bond acceptors (Lipinski definition) is 9. The first kappa shape index (κ1) is 29.2. The van der Waals surface area contributed by atoms with Crippen molar-refractivity contribution in [3.63, 3.8) is 0 Å². The molecule has 14 heteroatoms. The third-order valence-electron chi connectivity index (χ3n) is 7.50. The predicted molar refractivity (Wildman–Crippen MR) is 145 cm³/mol. The number of alkyl halides is 3. The van der Waals surface area contributed by atoms with Gasteiger partial charge in [0, 0.05) is 54.8 Å². The second-order valence-electron chi connectivity index (χ2n) is 10.00. The van der Waals surface area contributed by atoms with Gasteiger partial charge in [0.15, 0.2) is 11.3 Å². The van der Waals surface area contributed by atoms with Gasteiger partial charge in [0.25, 0.3) is 5.91 Å². The molecule has 1 amide bonds. The summed E-state index contributed by atoms with van der Waals surface area (Å²) in [6.45, 7) is 4.07. The number of fused-ring (bicyclic) bond motifs is 1. The molecule has 1 N–H and O–H groups in total. The molecule has 2 atom stereocenters. The Balaban J connectivity index is 1.46. The fraction of sp³-hybridized carbons (Fsp3) is 0.393. The van der Waals surface area contributed by atoms with E-state index in [4.69, 9.17) is 9.47 Å². The number of hydrogen-bond donors (Lipinski definition) is 1. The van der Waals surface area contributed by atoms with Crippen molar-refractivity contribution in [1.29, 1.82) is 0 Å². The summed E-state index contributed by atoms with van der Waals surface area (Å²) in [4.78, 5) is 30.1. The molecular weight excluding hydrogens is 555 g/mol. The maximum Gasteiger partial charge on any atom is 0.433 e. The highest BCUT2D eigenvalue weighted by Gasteiger charge is 2.40. The van der Waals surface area contributed by atoms with Gasteiger partial charge in [-0.05, 0) is 38.1 Å². The lowest BCUT2D eigenvalue weighted by molar-refractivity contribution is -0.143. The van der Waals surface area contributed by atoms with Crippen LogP contribution in [0.5, 0.6) is 11.8 Å². The fourth-order valence-corrected chi connectivity index (χ4v) is 5.35. The Morgan fingerprint density at radius 2 is 1.79 bits per heavy atom. The quantitative estimate of drug-likeness (QED) is 0.348. The van der Waals surface area contributed by atoms with Crippen LogP contribution >= 0.6 is 0 Å². The largest absolute Gasteiger partial charge is 0.497 e. The van der Waals surface area contributed by atoms with E-state index in [-0.39, 0.29) is 47.7 Å². The van der Waals surface area contributed by atoms with E-state index in [1.807, 2.05) is 11.8 Å². The van der Waals surface area contributed by atoms with E-state index in [0.717, 1.165) is 6.20 Å². The first-order chi connectivity index (χ1) is 20.1. The van der Waals surface area contributed by atoms with Crippen LogP contribution in [0, 0.1) is 6.92 Å². The van der Waals surface area contributed by atoms with Crippen molar-refractivity contribution in [2.45, 2.75) is 32.1 Å². The van der Waals surface area contributed by atoms with Crippen molar-refractivity contribution in [3.05, 3.63) is 65.2 Å². The zero-order valence-corrected chi connectivity index (χ0v) is 23.5. The van der Waals surface area contributed by atoms with Crippen LogP contribution in [0.1, 0.15) is 40.1 Å². The first-order valence-electron chi connectivity index (χ1n) is 13.2. The molecule has 5 rings (SSSR count). The van der Waals surface area contributed by atoms with Gasteiger partial charge in [-0.3, -0.25) is 9.69 Å². The van der Waals surface area contributed by atoms with Crippen LogP contribution in [0.2, 0.25) is 0 Å². The lowest BCUT2D eigenvalue weighted by Gasteiger charge is -2.42. The Morgan fingerprint density at radius 3 is 2.36 bits per heavy atom. The molecular formula is C28H30F3N7O4. The summed E-state index contributed by atoms with van der Waals surface area (Å²) in [5.41, 5.74) is -0.0830. The molecule has 3 aromatic heterocycles. The Hall–Kier alpha value is -4.30. The van der Waals surface area contributed by atoms with Gasteiger partial charge >= 0.3 is 12.2 Å². The number of carbonyl (C=O) groups is 1. The normalized spacial score (nSPS) is 17.0. The van der Waals surface area contributed by atoms with Crippen LogP contribution in [0.3, 0.4) is 0 Å². The summed E-state index contributed by atoms with van der Waals surface area (Å²) in [6, 6.07) is 5.98. The highest BCUT2D eigenvalue weighted by atomic mass is 19.4. The highest BCUT2D eigenvalue weighted by molar-refractivity contribution is 6.00. The van der Waals surface area contributed by atoms with E-state index >= 15 is 0 Å². The van der Waals surface area contributed by atoms with Crippen LogP contribution in [0.4, 0.5) is 13.2 Å². The number of piperazine rings is 1. The van der Waals surface area contributed by atoms with Gasteiger partial charge in [-0.2, -0.15) is 18.3 Å². The molecule has 0 aliphatic carbocycles. The molecule has 0 saturated carbocycles. The molecule has 1 fully saturated rings. The maximum absolute atomic E-state index is 14.3. The molecule has 0 bridgehead atoms. The Bertz CT molecular complexity index is 1580. The third-order valence-corrected chi connectivity index (χ3v) is 7.50. The van der Waals surface area contributed by atoms with Gasteiger partial charge in [0.2, 0.25) is 0 Å². The number of aliphatic hydroxyl groups excluding tert-OH is 1. The van der Waals surface area contributed by atoms with Gasteiger partial charge in [-0.25, -0.2) is 19.5 Å². The van der Waals surface area contributed by atoms with Crippen LogP contribution in [0.15, 0.2) is 42.9 Å². The van der Waals surface area contributed by atoms with Crippen molar-refractivity contribution < 1.29 is 32.5 Å². The maximum atomic E-state index is 14.3. The molecule has 4 heterocycles. The average molecular weight is 586 g/mol. The fourth-order valence-electron chi connectivity index (χ4n) is 5.35. The standard InChI is InChI=1S/C28H30F3N7O4/c1-16-14-36(22(15-39)19-11-32-27(42-4)33-12-19)9-10-37(16)26(40)21-13-34-38-24(28(29,30)31)17(2)23(35-25(21)38)18-5-7-20(41-3)8-6-18/h5-8,11-13,16,22,39H,9-10,14-15H2,1-4H3/t16-,22-/m1/s1. The third kappa shape index (κ3) is 5.34. The minimum absolute atomic E-state index is 0.0298. The molecule has 1 aliphatic heterocycles. The number of nitrogens with zero attached hydrogens (tertiary/aromatic N) is 7. The molecule has 42 heavy (non-hydrogen) atoms. The van der Waals surface area contributed by atoms with Crippen molar-refractivity contribution in [3.8, 4) is 23.0 Å². The molecule has 1 saturated heterocycles. The minimum Gasteiger partial charge on any atom is -0.497 e. The molecule has 4 aromatic rings. The molecule has 11 nitrogen and oxygen atoms in total. The average Bonchev–Trinajstić information content (AvgIpc) is 3.40. The number of carbonyl (C=O) groups excluding carboxylic acids is 1. The first-order valence-corrected chi connectivity index (χ1v) is 13.2. The summed E-state index contributed by atoms with van der Waals surface area (Å²) in [5.74, 6) is 0.0699. The number of aliphatic hydroxyl groups is 1. The number of aromatic nitrogens is 5. The SMILES string of the molecule is COc1ccc(-c2nc3c(C(=O)N4CCN([C@H](CO)c5cnc(OC)nc5)C[C@H]4C)cnn3c(C(F)(F)F)c2C)cc1. The van der Waals surface area contributed by atoms with E-state index < -0.39 is 23.8 Å². The predicted octanol–water partition coefficient (Wildman–Crippen LogP) is 3.41. The smallest absolute Gasteiger partial charge is 0.433 e. The van der Waals surface area contributed by atoms with Gasteiger partial charge in [-0.15, -0.1) is 0 Å². The second-order valence-corrected chi connectivity index (χ2v) is 10.00. The zero-order valence-electron chi connectivity index (χ0n) is 23.5. The van der Waals surface area contributed by atoms with Crippen LogP contribution in [-0.4, -0.2) is 91.9 Å². The van der Waals surface area contributed by atoms with Crippen molar-refractivity contribution >= 4 is 11.6 Å². The second kappa shape index (κ2) is 11.5. The number of benzene rings is 1. The van der Waals surface area contributed by atoms with Crippen LogP contribution in [-0.2, 0) is 6.18 Å². The number of halogens is 3.